The van der Waals surface area contributed by atoms with Crippen LogP contribution in [0.5, 0.6) is 0 Å². The normalized spacial score (nSPS) is 9.87. The van der Waals surface area contributed by atoms with Crippen molar-refractivity contribution in [2.45, 2.75) is 0 Å². The number of rotatable bonds is 2. The Kier molecular flexibility index (Phi) is 3.97. The van der Waals surface area contributed by atoms with Crippen molar-refractivity contribution < 1.29 is 0 Å². The molecule has 0 amide bonds. The molecule has 3 aromatic rings. The average Bonchev–Trinajstić information content (AvgIpc) is 2.61. The maximum absolute atomic E-state index is 8.99. The molecule has 0 unspecified atom stereocenters. The molecule has 1 aromatic heterocycles. The van der Waals surface area contributed by atoms with Gasteiger partial charge in [-0.3, -0.25) is 0 Å². The van der Waals surface area contributed by atoms with Crippen molar-refractivity contribution in [2.75, 3.05) is 0 Å². The summed E-state index contributed by atoms with van der Waals surface area (Å²) in [5.74, 6) is 0.799. The van der Waals surface area contributed by atoms with Gasteiger partial charge in [-0.05, 0) is 48.0 Å². The summed E-state index contributed by atoms with van der Waals surface area (Å²) in [5, 5.41) is 17.9. The van der Waals surface area contributed by atoms with Gasteiger partial charge in [0.1, 0.15) is 0 Å². The van der Waals surface area contributed by atoms with Gasteiger partial charge in [-0.25, -0.2) is 4.98 Å². The Bertz CT molecular complexity index is 952. The summed E-state index contributed by atoms with van der Waals surface area (Å²) in [6.07, 6.45) is 0. The number of hydrogen-bond donors (Lipinski definition) is 0. The quantitative estimate of drug-likeness (QED) is 0.720. The minimum absolute atomic E-state index is 0.0664. The Morgan fingerprint density at radius 2 is 1.39 bits per heavy atom. The fraction of sp³-hybridized carbons (Fsp3) is 0. The molecule has 0 N–H and O–H groups in total. The predicted octanol–water partition coefficient (Wildman–Crippen LogP) is 3.60. The molecule has 0 saturated carbocycles. The Hall–Kier alpha value is -3.28. The SMILES string of the molecule is N#Cc1ccc(-c2nc(Cl)nc(-c3cccc(C#N)c3)n2)cc1. The van der Waals surface area contributed by atoms with Gasteiger partial charge >= 0.3 is 0 Å². The highest BCUT2D eigenvalue weighted by Gasteiger charge is 2.10. The molecule has 0 saturated heterocycles. The topological polar surface area (TPSA) is 86.2 Å². The third-order valence-corrected chi connectivity index (χ3v) is 3.30. The second-order valence-electron chi connectivity index (χ2n) is 4.63. The standard InChI is InChI=1S/C17H8ClN5/c18-17-22-15(13-6-4-11(9-19)5-7-13)21-16(23-17)14-3-1-2-12(8-14)10-20/h1-8H. The highest BCUT2D eigenvalue weighted by atomic mass is 35.5. The van der Waals surface area contributed by atoms with Crippen molar-refractivity contribution in [1.29, 1.82) is 10.5 Å². The van der Waals surface area contributed by atoms with Crippen molar-refractivity contribution in [3.63, 3.8) is 0 Å². The molecule has 2 aromatic carbocycles. The van der Waals surface area contributed by atoms with Crippen LogP contribution in [0.15, 0.2) is 48.5 Å². The van der Waals surface area contributed by atoms with E-state index in [0.717, 1.165) is 5.56 Å². The molecular formula is C17H8ClN5. The van der Waals surface area contributed by atoms with Gasteiger partial charge in [-0.15, -0.1) is 0 Å². The van der Waals surface area contributed by atoms with Crippen LogP contribution in [-0.4, -0.2) is 15.0 Å². The number of nitrogens with zero attached hydrogens (tertiary/aromatic N) is 5. The minimum atomic E-state index is 0.0664. The van der Waals surface area contributed by atoms with Crippen LogP contribution in [0.2, 0.25) is 5.28 Å². The highest BCUT2D eigenvalue weighted by Crippen LogP contribution is 2.22. The van der Waals surface area contributed by atoms with Gasteiger partial charge < -0.3 is 0 Å². The van der Waals surface area contributed by atoms with Crippen LogP contribution in [0.1, 0.15) is 11.1 Å². The maximum atomic E-state index is 8.99. The van der Waals surface area contributed by atoms with Crippen LogP contribution in [0.25, 0.3) is 22.8 Å². The molecule has 1 heterocycles. The van der Waals surface area contributed by atoms with Crippen LogP contribution in [0.3, 0.4) is 0 Å². The zero-order chi connectivity index (χ0) is 16.2. The van der Waals surface area contributed by atoms with Crippen molar-refractivity contribution in [2.24, 2.45) is 0 Å². The van der Waals surface area contributed by atoms with Crippen molar-refractivity contribution in [3.8, 4) is 34.9 Å². The fourth-order valence-corrected chi connectivity index (χ4v) is 2.19. The highest BCUT2D eigenvalue weighted by molar-refractivity contribution is 6.28. The van der Waals surface area contributed by atoms with E-state index in [9.17, 15) is 0 Å². The molecule has 0 atom stereocenters. The van der Waals surface area contributed by atoms with Crippen molar-refractivity contribution in [3.05, 3.63) is 64.9 Å². The van der Waals surface area contributed by atoms with E-state index in [2.05, 4.69) is 27.1 Å². The number of benzene rings is 2. The summed E-state index contributed by atoms with van der Waals surface area (Å²) in [4.78, 5) is 12.6. The first-order valence-electron chi connectivity index (χ1n) is 6.62. The van der Waals surface area contributed by atoms with Gasteiger partial charge in [0.2, 0.25) is 5.28 Å². The minimum Gasteiger partial charge on any atom is -0.208 e. The number of nitriles is 2. The summed E-state index contributed by atoms with van der Waals surface area (Å²) >= 11 is 6.00. The predicted molar refractivity (Wildman–Crippen MR) is 85.1 cm³/mol. The Balaban J connectivity index is 2.08. The van der Waals surface area contributed by atoms with Crippen LogP contribution in [0.4, 0.5) is 0 Å². The van der Waals surface area contributed by atoms with Gasteiger partial charge in [0.05, 0.1) is 23.3 Å². The summed E-state index contributed by atoms with van der Waals surface area (Å²) < 4.78 is 0. The molecule has 0 aliphatic heterocycles. The lowest BCUT2D eigenvalue weighted by Gasteiger charge is -2.05. The Morgan fingerprint density at radius 1 is 0.739 bits per heavy atom. The Morgan fingerprint density at radius 3 is 2.04 bits per heavy atom. The molecule has 6 heteroatoms. The molecule has 0 aliphatic rings. The second kappa shape index (κ2) is 6.23. The number of halogens is 1. The van der Waals surface area contributed by atoms with E-state index in [4.69, 9.17) is 22.1 Å². The van der Waals surface area contributed by atoms with E-state index in [1.54, 1.807) is 48.5 Å². The molecular weight excluding hydrogens is 310 g/mol. The molecule has 0 bridgehead atoms. The first-order valence-corrected chi connectivity index (χ1v) is 7.00. The van der Waals surface area contributed by atoms with E-state index in [0.29, 0.717) is 28.3 Å². The summed E-state index contributed by atoms with van der Waals surface area (Å²) in [5.41, 5.74) is 2.48. The number of aromatic nitrogens is 3. The molecule has 108 valence electrons. The van der Waals surface area contributed by atoms with E-state index in [1.165, 1.54) is 0 Å². The van der Waals surface area contributed by atoms with Crippen molar-refractivity contribution in [1.82, 2.24) is 15.0 Å². The Labute approximate surface area is 137 Å². The van der Waals surface area contributed by atoms with E-state index in [1.807, 2.05) is 0 Å². The van der Waals surface area contributed by atoms with Crippen molar-refractivity contribution >= 4 is 11.6 Å². The molecule has 3 rings (SSSR count). The molecule has 0 radical (unpaired) electrons. The van der Waals surface area contributed by atoms with Crippen LogP contribution in [-0.2, 0) is 0 Å². The summed E-state index contributed by atoms with van der Waals surface area (Å²) in [6, 6.07) is 17.9. The molecule has 0 spiro atoms. The maximum Gasteiger partial charge on any atom is 0.226 e. The summed E-state index contributed by atoms with van der Waals surface area (Å²) in [7, 11) is 0. The van der Waals surface area contributed by atoms with E-state index in [-0.39, 0.29) is 5.28 Å². The van der Waals surface area contributed by atoms with Gasteiger partial charge in [0, 0.05) is 11.1 Å². The summed E-state index contributed by atoms with van der Waals surface area (Å²) in [6.45, 7) is 0. The van der Waals surface area contributed by atoms with Crippen LogP contribution < -0.4 is 0 Å². The smallest absolute Gasteiger partial charge is 0.208 e. The third-order valence-electron chi connectivity index (χ3n) is 3.13. The molecule has 23 heavy (non-hydrogen) atoms. The van der Waals surface area contributed by atoms with Crippen LogP contribution >= 0.6 is 11.6 Å². The van der Waals surface area contributed by atoms with E-state index < -0.39 is 0 Å². The van der Waals surface area contributed by atoms with Gasteiger partial charge in [-0.2, -0.15) is 20.5 Å². The zero-order valence-electron chi connectivity index (χ0n) is 11.7. The molecule has 5 nitrogen and oxygen atoms in total. The van der Waals surface area contributed by atoms with Crippen LogP contribution in [0, 0.1) is 22.7 Å². The molecule has 0 aliphatic carbocycles. The average molecular weight is 318 g/mol. The third kappa shape index (κ3) is 3.16. The first kappa shape index (κ1) is 14.6. The lowest BCUT2D eigenvalue weighted by molar-refractivity contribution is 1.07. The second-order valence-corrected chi connectivity index (χ2v) is 4.97. The lowest BCUT2D eigenvalue weighted by atomic mass is 10.1. The number of hydrogen-bond acceptors (Lipinski definition) is 5. The van der Waals surface area contributed by atoms with Gasteiger partial charge in [0.25, 0.3) is 0 Å². The first-order chi connectivity index (χ1) is 11.2. The fourth-order valence-electron chi connectivity index (χ4n) is 2.03. The largest absolute Gasteiger partial charge is 0.226 e. The molecule has 0 fully saturated rings. The monoisotopic (exact) mass is 317 g/mol. The zero-order valence-corrected chi connectivity index (χ0v) is 12.5. The van der Waals surface area contributed by atoms with Gasteiger partial charge in [-0.1, -0.05) is 12.1 Å². The lowest BCUT2D eigenvalue weighted by Crippen LogP contribution is -1.97. The van der Waals surface area contributed by atoms with Gasteiger partial charge in [0.15, 0.2) is 11.6 Å². The van der Waals surface area contributed by atoms with E-state index >= 15 is 0 Å².